The standard InChI is InChI=1S/C12H18N2O/c1-9(15)13-10-5-7-11(8-6-10)14-12(2,3)4/h5-8,14H,1-4H3,(H,13,15). The van der Waals surface area contributed by atoms with Gasteiger partial charge in [-0.25, -0.2) is 0 Å². The SMILES string of the molecule is CC(=O)Nc1ccc(NC(C)(C)C)cc1. The second-order valence-corrected chi connectivity index (χ2v) is 4.63. The molecular formula is C12H18N2O. The zero-order chi connectivity index (χ0) is 11.5. The molecule has 82 valence electrons. The Morgan fingerprint density at radius 1 is 1.07 bits per heavy atom. The number of carbonyl (C=O) groups is 1. The van der Waals surface area contributed by atoms with Gasteiger partial charge in [0.25, 0.3) is 0 Å². The van der Waals surface area contributed by atoms with Gasteiger partial charge in [0.2, 0.25) is 5.91 Å². The van der Waals surface area contributed by atoms with Gasteiger partial charge < -0.3 is 10.6 Å². The van der Waals surface area contributed by atoms with Crippen molar-refractivity contribution in [3.8, 4) is 0 Å². The summed E-state index contributed by atoms with van der Waals surface area (Å²) in [5.74, 6) is -0.0495. The van der Waals surface area contributed by atoms with Crippen molar-refractivity contribution in [2.75, 3.05) is 10.6 Å². The average molecular weight is 206 g/mol. The van der Waals surface area contributed by atoms with Crippen LogP contribution in [0.15, 0.2) is 24.3 Å². The second-order valence-electron chi connectivity index (χ2n) is 4.63. The van der Waals surface area contributed by atoms with Crippen molar-refractivity contribution in [3.63, 3.8) is 0 Å². The summed E-state index contributed by atoms with van der Waals surface area (Å²) in [6.07, 6.45) is 0. The highest BCUT2D eigenvalue weighted by atomic mass is 16.1. The van der Waals surface area contributed by atoms with Gasteiger partial charge in [-0.1, -0.05) is 0 Å². The molecule has 0 aliphatic heterocycles. The summed E-state index contributed by atoms with van der Waals surface area (Å²) < 4.78 is 0. The van der Waals surface area contributed by atoms with Crippen LogP contribution in [0.4, 0.5) is 11.4 Å². The Morgan fingerprint density at radius 3 is 1.93 bits per heavy atom. The Kier molecular flexibility index (Phi) is 3.35. The lowest BCUT2D eigenvalue weighted by atomic mass is 10.1. The van der Waals surface area contributed by atoms with Crippen molar-refractivity contribution in [2.45, 2.75) is 33.2 Å². The van der Waals surface area contributed by atoms with Gasteiger partial charge in [0.1, 0.15) is 0 Å². The van der Waals surface area contributed by atoms with Gasteiger partial charge in [0.15, 0.2) is 0 Å². The Labute approximate surface area is 90.9 Å². The summed E-state index contributed by atoms with van der Waals surface area (Å²) in [5, 5.41) is 6.08. The molecule has 0 aliphatic rings. The number of nitrogens with one attached hydrogen (secondary N) is 2. The Balaban J connectivity index is 2.68. The van der Waals surface area contributed by atoms with Crippen LogP contribution in [0, 0.1) is 0 Å². The van der Waals surface area contributed by atoms with E-state index in [2.05, 4.69) is 31.4 Å². The van der Waals surface area contributed by atoms with Crippen LogP contribution < -0.4 is 10.6 Å². The first-order chi connectivity index (χ1) is 6.87. The van der Waals surface area contributed by atoms with E-state index in [-0.39, 0.29) is 11.4 Å². The van der Waals surface area contributed by atoms with Crippen LogP contribution >= 0.6 is 0 Å². The first-order valence-corrected chi connectivity index (χ1v) is 5.03. The maximum absolute atomic E-state index is 10.8. The van der Waals surface area contributed by atoms with Crippen molar-refractivity contribution in [1.29, 1.82) is 0 Å². The molecule has 0 bridgehead atoms. The highest BCUT2D eigenvalue weighted by molar-refractivity contribution is 5.88. The summed E-state index contributed by atoms with van der Waals surface area (Å²) in [7, 11) is 0. The van der Waals surface area contributed by atoms with E-state index in [1.54, 1.807) is 0 Å². The second kappa shape index (κ2) is 4.34. The minimum absolute atomic E-state index is 0.0495. The minimum atomic E-state index is -0.0495. The maximum atomic E-state index is 10.8. The molecule has 0 unspecified atom stereocenters. The van der Waals surface area contributed by atoms with Gasteiger partial charge in [-0.2, -0.15) is 0 Å². The molecule has 0 aromatic heterocycles. The largest absolute Gasteiger partial charge is 0.380 e. The molecule has 0 atom stereocenters. The van der Waals surface area contributed by atoms with Gasteiger partial charge in [-0.15, -0.1) is 0 Å². The fraction of sp³-hybridized carbons (Fsp3) is 0.417. The molecule has 3 nitrogen and oxygen atoms in total. The Morgan fingerprint density at radius 2 is 1.53 bits per heavy atom. The number of rotatable bonds is 2. The zero-order valence-electron chi connectivity index (χ0n) is 9.72. The van der Waals surface area contributed by atoms with E-state index in [0.717, 1.165) is 11.4 Å². The summed E-state index contributed by atoms with van der Waals surface area (Å²) in [6.45, 7) is 7.82. The highest BCUT2D eigenvalue weighted by Crippen LogP contribution is 2.17. The normalized spacial score (nSPS) is 10.9. The Bertz CT molecular complexity index is 336. The van der Waals surface area contributed by atoms with Crippen molar-refractivity contribution in [1.82, 2.24) is 0 Å². The fourth-order valence-corrected chi connectivity index (χ4v) is 1.27. The van der Waals surface area contributed by atoms with Crippen LogP contribution in [0.25, 0.3) is 0 Å². The fourth-order valence-electron chi connectivity index (χ4n) is 1.27. The smallest absolute Gasteiger partial charge is 0.221 e. The molecule has 1 aromatic rings. The van der Waals surface area contributed by atoms with Gasteiger partial charge in [0.05, 0.1) is 0 Å². The van der Waals surface area contributed by atoms with Crippen molar-refractivity contribution >= 4 is 17.3 Å². The summed E-state index contributed by atoms with van der Waals surface area (Å²) in [5.41, 5.74) is 1.92. The molecular weight excluding hydrogens is 188 g/mol. The van der Waals surface area contributed by atoms with E-state index in [9.17, 15) is 4.79 Å². The van der Waals surface area contributed by atoms with E-state index in [1.807, 2.05) is 24.3 Å². The minimum Gasteiger partial charge on any atom is -0.380 e. The van der Waals surface area contributed by atoms with Crippen molar-refractivity contribution in [2.24, 2.45) is 0 Å². The number of carbonyl (C=O) groups excluding carboxylic acids is 1. The van der Waals surface area contributed by atoms with E-state index in [4.69, 9.17) is 0 Å². The number of amides is 1. The molecule has 0 heterocycles. The van der Waals surface area contributed by atoms with E-state index < -0.39 is 0 Å². The van der Waals surface area contributed by atoms with Crippen molar-refractivity contribution in [3.05, 3.63) is 24.3 Å². The molecule has 3 heteroatoms. The van der Waals surface area contributed by atoms with Crippen LogP contribution in [0.5, 0.6) is 0 Å². The zero-order valence-corrected chi connectivity index (χ0v) is 9.72. The molecule has 2 N–H and O–H groups in total. The van der Waals surface area contributed by atoms with E-state index in [1.165, 1.54) is 6.92 Å². The van der Waals surface area contributed by atoms with Crippen LogP contribution in [-0.4, -0.2) is 11.4 Å². The Hall–Kier alpha value is -1.51. The lowest BCUT2D eigenvalue weighted by Crippen LogP contribution is -2.25. The molecule has 1 aromatic carbocycles. The number of benzene rings is 1. The third-order valence-electron chi connectivity index (χ3n) is 1.72. The van der Waals surface area contributed by atoms with E-state index in [0.29, 0.717) is 0 Å². The third kappa shape index (κ3) is 4.49. The van der Waals surface area contributed by atoms with Crippen LogP contribution in [-0.2, 0) is 4.79 Å². The average Bonchev–Trinajstić information content (AvgIpc) is 2.05. The topological polar surface area (TPSA) is 41.1 Å². The maximum Gasteiger partial charge on any atom is 0.221 e. The molecule has 0 spiro atoms. The molecule has 15 heavy (non-hydrogen) atoms. The van der Waals surface area contributed by atoms with Gasteiger partial charge >= 0.3 is 0 Å². The van der Waals surface area contributed by atoms with E-state index >= 15 is 0 Å². The van der Waals surface area contributed by atoms with Gasteiger partial charge in [-0.05, 0) is 45.0 Å². The van der Waals surface area contributed by atoms with Crippen LogP contribution in [0.3, 0.4) is 0 Å². The first kappa shape index (κ1) is 11.6. The predicted molar refractivity (Wildman–Crippen MR) is 64.1 cm³/mol. The predicted octanol–water partition coefficient (Wildman–Crippen LogP) is 2.86. The lowest BCUT2D eigenvalue weighted by molar-refractivity contribution is -0.114. The highest BCUT2D eigenvalue weighted by Gasteiger charge is 2.08. The molecule has 0 aliphatic carbocycles. The lowest BCUT2D eigenvalue weighted by Gasteiger charge is -2.22. The molecule has 0 saturated carbocycles. The molecule has 0 fully saturated rings. The number of anilines is 2. The quantitative estimate of drug-likeness (QED) is 0.781. The van der Waals surface area contributed by atoms with Gasteiger partial charge in [0, 0.05) is 23.8 Å². The van der Waals surface area contributed by atoms with Gasteiger partial charge in [-0.3, -0.25) is 4.79 Å². The molecule has 0 radical (unpaired) electrons. The molecule has 1 amide bonds. The summed E-state index contributed by atoms with van der Waals surface area (Å²) in [6, 6.07) is 7.68. The number of hydrogen-bond donors (Lipinski definition) is 2. The van der Waals surface area contributed by atoms with Crippen LogP contribution in [0.1, 0.15) is 27.7 Å². The van der Waals surface area contributed by atoms with Crippen LogP contribution in [0.2, 0.25) is 0 Å². The molecule has 0 saturated heterocycles. The third-order valence-corrected chi connectivity index (χ3v) is 1.72. The summed E-state index contributed by atoms with van der Waals surface area (Å²) in [4.78, 5) is 10.8. The first-order valence-electron chi connectivity index (χ1n) is 5.03. The number of hydrogen-bond acceptors (Lipinski definition) is 2. The summed E-state index contributed by atoms with van der Waals surface area (Å²) >= 11 is 0. The molecule has 1 rings (SSSR count). The van der Waals surface area contributed by atoms with Crippen molar-refractivity contribution < 1.29 is 4.79 Å². The monoisotopic (exact) mass is 206 g/mol.